The lowest BCUT2D eigenvalue weighted by molar-refractivity contribution is 0.0526. The Morgan fingerprint density at radius 2 is 2.04 bits per heavy atom. The smallest absolute Gasteiger partial charge is 0.341 e. The molecule has 0 aliphatic rings. The number of alkyl halides is 1. The van der Waals surface area contributed by atoms with Gasteiger partial charge in [0.15, 0.2) is 5.65 Å². The molecule has 136 valence electrons. The Labute approximate surface area is 160 Å². The molecule has 0 bridgehead atoms. The average Bonchev–Trinajstić information content (AvgIpc) is 3.05. The van der Waals surface area contributed by atoms with Gasteiger partial charge in [-0.1, -0.05) is 29.8 Å². The molecule has 0 saturated carbocycles. The van der Waals surface area contributed by atoms with Crippen LogP contribution in [-0.4, -0.2) is 39.3 Å². The van der Waals surface area contributed by atoms with Crippen LogP contribution in [0.2, 0.25) is 5.02 Å². The van der Waals surface area contributed by atoms with E-state index in [1.807, 2.05) is 30.3 Å². The lowest BCUT2D eigenvalue weighted by Gasteiger charge is -2.12. The molecule has 0 amide bonds. The van der Waals surface area contributed by atoms with E-state index in [0.717, 1.165) is 5.75 Å². The maximum absolute atomic E-state index is 11.9. The van der Waals surface area contributed by atoms with Crippen molar-refractivity contribution in [2.45, 2.75) is 18.8 Å². The van der Waals surface area contributed by atoms with Crippen LogP contribution in [0.5, 0.6) is 5.75 Å². The summed E-state index contributed by atoms with van der Waals surface area (Å²) in [5.41, 5.74) is 0.767. The second-order valence-corrected chi connectivity index (χ2v) is 6.49. The molecule has 1 aromatic carbocycles. The van der Waals surface area contributed by atoms with E-state index in [9.17, 15) is 4.79 Å². The Hall–Kier alpha value is -2.31. The van der Waals surface area contributed by atoms with Crippen molar-refractivity contribution in [2.75, 3.05) is 13.2 Å². The van der Waals surface area contributed by atoms with Gasteiger partial charge in [-0.3, -0.25) is 0 Å². The number of carbonyl (C=O) groups excluding carboxylic acids is 1. The van der Waals surface area contributed by atoms with Crippen molar-refractivity contribution in [1.29, 1.82) is 0 Å². The zero-order valence-corrected chi connectivity index (χ0v) is 15.6. The maximum Gasteiger partial charge on any atom is 0.341 e. The first-order valence-corrected chi connectivity index (χ1v) is 8.90. The molecule has 3 aromatic rings. The van der Waals surface area contributed by atoms with Crippen molar-refractivity contribution < 1.29 is 14.3 Å². The minimum atomic E-state index is -0.508. The molecule has 0 aliphatic heterocycles. The number of aromatic nitrogens is 3. The number of esters is 1. The van der Waals surface area contributed by atoms with E-state index in [2.05, 4.69) is 10.1 Å². The van der Waals surface area contributed by atoms with Crippen LogP contribution in [0.25, 0.3) is 11.0 Å². The molecule has 0 fully saturated rings. The fourth-order valence-corrected chi connectivity index (χ4v) is 2.88. The van der Waals surface area contributed by atoms with Gasteiger partial charge in [0, 0.05) is 6.20 Å². The number of hydrogen-bond donors (Lipinski definition) is 0. The number of halogens is 2. The molecule has 2 heterocycles. The molecule has 0 saturated heterocycles. The molecule has 0 radical (unpaired) electrons. The van der Waals surface area contributed by atoms with E-state index in [1.165, 1.54) is 6.20 Å². The van der Waals surface area contributed by atoms with Crippen molar-refractivity contribution in [2.24, 2.45) is 0 Å². The number of para-hydroxylation sites is 1. The highest BCUT2D eigenvalue weighted by Gasteiger charge is 2.19. The number of pyridine rings is 1. The summed E-state index contributed by atoms with van der Waals surface area (Å²) in [5.74, 6) is 0.245. The predicted molar refractivity (Wildman–Crippen MR) is 100 cm³/mol. The summed E-state index contributed by atoms with van der Waals surface area (Å²) in [6.45, 7) is 2.71. The van der Waals surface area contributed by atoms with Crippen LogP contribution in [-0.2, 0) is 11.3 Å². The summed E-state index contributed by atoms with van der Waals surface area (Å²) < 4.78 is 12.3. The van der Waals surface area contributed by atoms with Gasteiger partial charge in [0.2, 0.25) is 0 Å². The molecule has 8 heteroatoms. The normalized spacial score (nSPS) is 12.1. The Morgan fingerprint density at radius 3 is 2.77 bits per heavy atom. The van der Waals surface area contributed by atoms with Gasteiger partial charge in [-0.2, -0.15) is 5.10 Å². The van der Waals surface area contributed by atoms with Gasteiger partial charge in [0.1, 0.15) is 12.4 Å². The highest BCUT2D eigenvalue weighted by Crippen LogP contribution is 2.26. The summed E-state index contributed by atoms with van der Waals surface area (Å²) in [5, 5.41) is 4.80. The molecular formula is C18H17Cl2N3O3. The van der Waals surface area contributed by atoms with Crippen LogP contribution in [0, 0.1) is 0 Å². The third kappa shape index (κ3) is 4.08. The topological polar surface area (TPSA) is 66.2 Å². The standard InChI is InChI=1S/C18H17Cl2N3O3/c1-2-25-18(24)15-8-21-17-14(16(15)20)9-22-23(17)10-12(19)11-26-13-6-4-3-5-7-13/h3-9,12H,2,10-11H2,1H3. The summed E-state index contributed by atoms with van der Waals surface area (Å²) in [4.78, 5) is 16.2. The first-order valence-electron chi connectivity index (χ1n) is 8.09. The minimum absolute atomic E-state index is 0.218. The summed E-state index contributed by atoms with van der Waals surface area (Å²) >= 11 is 12.7. The lowest BCUT2D eigenvalue weighted by atomic mass is 10.2. The summed E-state index contributed by atoms with van der Waals surface area (Å²) in [6, 6.07) is 9.44. The van der Waals surface area contributed by atoms with E-state index in [-0.39, 0.29) is 22.6 Å². The maximum atomic E-state index is 11.9. The first kappa shape index (κ1) is 18.5. The Bertz CT molecular complexity index is 899. The molecule has 0 aliphatic carbocycles. The number of carbonyl (C=O) groups is 1. The second kappa shape index (κ2) is 8.38. The van der Waals surface area contributed by atoms with Crippen LogP contribution >= 0.6 is 23.2 Å². The number of ether oxygens (including phenoxy) is 2. The zero-order valence-electron chi connectivity index (χ0n) is 14.1. The highest BCUT2D eigenvalue weighted by atomic mass is 35.5. The van der Waals surface area contributed by atoms with Crippen LogP contribution in [0.3, 0.4) is 0 Å². The molecule has 1 unspecified atom stereocenters. The Morgan fingerprint density at radius 1 is 1.27 bits per heavy atom. The zero-order chi connectivity index (χ0) is 18.5. The Kier molecular flexibility index (Phi) is 5.96. The van der Waals surface area contributed by atoms with E-state index < -0.39 is 5.97 Å². The molecule has 0 N–H and O–H groups in total. The number of fused-ring (bicyclic) bond motifs is 1. The van der Waals surface area contributed by atoms with Gasteiger partial charge in [-0.25, -0.2) is 14.5 Å². The van der Waals surface area contributed by atoms with Gasteiger partial charge < -0.3 is 9.47 Å². The molecule has 6 nitrogen and oxygen atoms in total. The molecule has 26 heavy (non-hydrogen) atoms. The number of hydrogen-bond acceptors (Lipinski definition) is 5. The van der Waals surface area contributed by atoms with Gasteiger partial charge in [0.25, 0.3) is 0 Å². The molecule has 3 rings (SSSR count). The second-order valence-electron chi connectivity index (χ2n) is 5.49. The van der Waals surface area contributed by atoms with Crippen molar-refractivity contribution in [1.82, 2.24) is 14.8 Å². The van der Waals surface area contributed by atoms with Crippen LogP contribution in [0.15, 0.2) is 42.7 Å². The third-order valence-corrected chi connectivity index (χ3v) is 4.31. The van der Waals surface area contributed by atoms with Crippen molar-refractivity contribution in [3.63, 3.8) is 0 Å². The van der Waals surface area contributed by atoms with E-state index in [0.29, 0.717) is 24.2 Å². The summed E-state index contributed by atoms with van der Waals surface area (Å²) in [7, 11) is 0. The van der Waals surface area contributed by atoms with Gasteiger partial charge in [-0.05, 0) is 19.1 Å². The van der Waals surface area contributed by atoms with E-state index >= 15 is 0 Å². The fourth-order valence-electron chi connectivity index (χ4n) is 2.43. The minimum Gasteiger partial charge on any atom is -0.492 e. The lowest BCUT2D eigenvalue weighted by Crippen LogP contribution is -2.19. The fraction of sp³-hybridized carbons (Fsp3) is 0.278. The number of benzene rings is 1. The molecule has 2 aromatic heterocycles. The van der Waals surface area contributed by atoms with E-state index in [1.54, 1.807) is 17.8 Å². The predicted octanol–water partition coefficient (Wildman–Crippen LogP) is 3.95. The molecule has 0 spiro atoms. The molecule has 1 atom stereocenters. The Balaban J connectivity index is 1.72. The van der Waals surface area contributed by atoms with Gasteiger partial charge >= 0.3 is 5.97 Å². The van der Waals surface area contributed by atoms with Crippen molar-refractivity contribution >= 4 is 40.2 Å². The van der Waals surface area contributed by atoms with Crippen molar-refractivity contribution in [3.05, 3.63) is 53.3 Å². The third-order valence-electron chi connectivity index (χ3n) is 3.64. The van der Waals surface area contributed by atoms with Gasteiger partial charge in [0.05, 0.1) is 40.7 Å². The molecular weight excluding hydrogens is 377 g/mol. The van der Waals surface area contributed by atoms with Crippen LogP contribution in [0.4, 0.5) is 0 Å². The largest absolute Gasteiger partial charge is 0.492 e. The number of nitrogens with zero attached hydrogens (tertiary/aromatic N) is 3. The quantitative estimate of drug-likeness (QED) is 0.449. The monoisotopic (exact) mass is 393 g/mol. The SMILES string of the molecule is CCOC(=O)c1cnc2c(cnn2CC(Cl)COc2ccccc2)c1Cl. The summed E-state index contributed by atoms with van der Waals surface area (Å²) in [6.07, 6.45) is 2.96. The van der Waals surface area contributed by atoms with Crippen LogP contribution in [0.1, 0.15) is 17.3 Å². The number of rotatable bonds is 7. The average molecular weight is 394 g/mol. The van der Waals surface area contributed by atoms with Crippen LogP contribution < -0.4 is 4.74 Å². The van der Waals surface area contributed by atoms with Crippen molar-refractivity contribution in [3.8, 4) is 5.75 Å². The highest BCUT2D eigenvalue weighted by molar-refractivity contribution is 6.38. The van der Waals surface area contributed by atoms with Gasteiger partial charge in [-0.15, -0.1) is 11.6 Å². The first-order chi connectivity index (χ1) is 12.6. The van der Waals surface area contributed by atoms with E-state index in [4.69, 9.17) is 32.7 Å².